The molecule has 3 nitrogen and oxygen atoms in total. The summed E-state index contributed by atoms with van der Waals surface area (Å²) in [6, 6.07) is 4.39. The molecule has 1 aliphatic rings. The molecule has 1 aromatic heterocycles. The Morgan fingerprint density at radius 3 is 2.71 bits per heavy atom. The van der Waals surface area contributed by atoms with Gasteiger partial charge in [-0.15, -0.1) is 11.3 Å². The number of halogens is 1. The van der Waals surface area contributed by atoms with Gasteiger partial charge >= 0.3 is 0 Å². The van der Waals surface area contributed by atoms with Crippen LogP contribution in [0, 0.1) is 0 Å². The van der Waals surface area contributed by atoms with E-state index in [1.54, 1.807) is 7.05 Å². The zero-order valence-electron chi connectivity index (χ0n) is 10.2. The van der Waals surface area contributed by atoms with Crippen molar-refractivity contribution in [2.75, 3.05) is 20.6 Å². The maximum atomic E-state index is 4.16. The fraction of sp³-hybridized carbons (Fsp3) is 0.583. The van der Waals surface area contributed by atoms with Crippen LogP contribution in [0.4, 0.5) is 0 Å². The Labute approximate surface area is 115 Å². The fourth-order valence-electron chi connectivity index (χ4n) is 2.25. The van der Waals surface area contributed by atoms with Crippen LogP contribution in [0.15, 0.2) is 20.9 Å². The van der Waals surface area contributed by atoms with Crippen LogP contribution in [-0.2, 0) is 5.41 Å². The highest BCUT2D eigenvalue weighted by Crippen LogP contribution is 2.46. The van der Waals surface area contributed by atoms with Crippen molar-refractivity contribution in [1.29, 1.82) is 0 Å². The van der Waals surface area contributed by atoms with Gasteiger partial charge in [-0.05, 0) is 40.9 Å². The van der Waals surface area contributed by atoms with Crippen molar-refractivity contribution in [1.82, 2.24) is 10.6 Å². The Bertz CT molecular complexity index is 410. The summed E-state index contributed by atoms with van der Waals surface area (Å²) < 4.78 is 1.22. The number of hydrogen-bond acceptors (Lipinski definition) is 2. The lowest BCUT2D eigenvalue weighted by Gasteiger charge is -2.41. The smallest absolute Gasteiger partial charge is 0.190 e. The van der Waals surface area contributed by atoms with E-state index in [1.165, 1.54) is 27.9 Å². The van der Waals surface area contributed by atoms with Crippen LogP contribution in [0.25, 0.3) is 0 Å². The summed E-state index contributed by atoms with van der Waals surface area (Å²) in [5.74, 6) is 0.867. The maximum absolute atomic E-state index is 4.16. The molecule has 1 fully saturated rings. The topological polar surface area (TPSA) is 36.4 Å². The molecule has 0 unspecified atom stereocenters. The van der Waals surface area contributed by atoms with Crippen LogP contribution < -0.4 is 10.6 Å². The van der Waals surface area contributed by atoms with Crippen molar-refractivity contribution in [3.63, 3.8) is 0 Å². The summed E-state index contributed by atoms with van der Waals surface area (Å²) in [6.45, 7) is 0.966. The molecule has 1 aromatic rings. The molecule has 0 saturated heterocycles. The highest BCUT2D eigenvalue weighted by molar-refractivity contribution is 9.11. The molecule has 0 bridgehead atoms. The zero-order valence-corrected chi connectivity index (χ0v) is 12.6. The van der Waals surface area contributed by atoms with E-state index in [0.717, 1.165) is 12.5 Å². The largest absolute Gasteiger partial charge is 0.359 e. The summed E-state index contributed by atoms with van der Waals surface area (Å²) in [6.07, 6.45) is 3.87. The van der Waals surface area contributed by atoms with Gasteiger partial charge in [-0.2, -0.15) is 0 Å². The Kier molecular flexibility index (Phi) is 4.09. The van der Waals surface area contributed by atoms with Crippen LogP contribution >= 0.6 is 27.3 Å². The molecule has 0 aromatic carbocycles. The molecule has 2 N–H and O–H groups in total. The number of rotatable bonds is 3. The van der Waals surface area contributed by atoms with Crippen LogP contribution in [0.5, 0.6) is 0 Å². The van der Waals surface area contributed by atoms with Crippen molar-refractivity contribution >= 4 is 33.2 Å². The lowest BCUT2D eigenvalue weighted by molar-refractivity contribution is 0.249. The van der Waals surface area contributed by atoms with Gasteiger partial charge in [0, 0.05) is 30.9 Å². The van der Waals surface area contributed by atoms with Crippen molar-refractivity contribution in [3.8, 4) is 0 Å². The van der Waals surface area contributed by atoms with Crippen molar-refractivity contribution in [2.45, 2.75) is 24.7 Å². The summed E-state index contributed by atoms with van der Waals surface area (Å²) in [5, 5.41) is 6.46. The van der Waals surface area contributed by atoms with Gasteiger partial charge in [0.25, 0.3) is 0 Å². The van der Waals surface area contributed by atoms with Gasteiger partial charge in [-0.1, -0.05) is 6.42 Å². The Morgan fingerprint density at radius 1 is 1.53 bits per heavy atom. The number of nitrogens with one attached hydrogen (secondary N) is 2. The first-order valence-corrected chi connectivity index (χ1v) is 7.45. The number of hydrogen-bond donors (Lipinski definition) is 2. The summed E-state index contributed by atoms with van der Waals surface area (Å²) >= 11 is 5.40. The van der Waals surface area contributed by atoms with Crippen LogP contribution in [0.3, 0.4) is 0 Å². The lowest BCUT2D eigenvalue weighted by Crippen LogP contribution is -2.47. The minimum absolute atomic E-state index is 0.323. The minimum atomic E-state index is 0.323. The predicted molar refractivity (Wildman–Crippen MR) is 78.0 cm³/mol. The molecule has 0 aliphatic heterocycles. The number of nitrogens with zero attached hydrogens (tertiary/aromatic N) is 1. The third kappa shape index (κ3) is 2.65. The van der Waals surface area contributed by atoms with E-state index < -0.39 is 0 Å². The average Bonchev–Trinajstić information content (AvgIpc) is 2.69. The number of thiophene rings is 1. The number of guanidine groups is 1. The molecule has 0 radical (unpaired) electrons. The van der Waals surface area contributed by atoms with Gasteiger partial charge in [-0.25, -0.2) is 0 Å². The SMILES string of the molecule is CN=C(NC)NCC1(c2ccc(Br)s2)CCC1. The quantitative estimate of drug-likeness (QED) is 0.664. The average molecular weight is 316 g/mol. The fourth-order valence-corrected chi connectivity index (χ4v) is 3.88. The molecule has 17 heavy (non-hydrogen) atoms. The molecule has 5 heteroatoms. The van der Waals surface area contributed by atoms with Gasteiger partial charge in [-0.3, -0.25) is 4.99 Å². The van der Waals surface area contributed by atoms with E-state index in [-0.39, 0.29) is 0 Å². The number of aliphatic imine (C=N–C) groups is 1. The maximum Gasteiger partial charge on any atom is 0.190 e. The molecule has 1 saturated carbocycles. The molecule has 1 heterocycles. The molecule has 94 valence electrons. The van der Waals surface area contributed by atoms with E-state index in [1.807, 2.05) is 18.4 Å². The highest BCUT2D eigenvalue weighted by Gasteiger charge is 2.39. The minimum Gasteiger partial charge on any atom is -0.359 e. The molecule has 0 amide bonds. The predicted octanol–water partition coefficient (Wildman–Crippen LogP) is 2.73. The third-order valence-corrected chi connectivity index (χ3v) is 5.33. The summed E-state index contributed by atoms with van der Waals surface area (Å²) in [5.41, 5.74) is 0.323. The Balaban J connectivity index is 2.05. The van der Waals surface area contributed by atoms with Gasteiger partial charge in [0.15, 0.2) is 5.96 Å². The van der Waals surface area contributed by atoms with E-state index in [2.05, 4.69) is 43.7 Å². The second-order valence-electron chi connectivity index (χ2n) is 4.41. The third-order valence-electron chi connectivity index (χ3n) is 3.46. The second-order valence-corrected chi connectivity index (χ2v) is 6.88. The second kappa shape index (κ2) is 5.40. The molecule has 1 aliphatic carbocycles. The van der Waals surface area contributed by atoms with Crippen LogP contribution in [0.1, 0.15) is 24.1 Å². The standard InChI is InChI=1S/C12H18BrN3S/c1-14-11(15-2)16-8-12(6-3-7-12)9-4-5-10(13)17-9/h4-5H,3,6-8H2,1-2H3,(H2,14,15,16). The monoisotopic (exact) mass is 315 g/mol. The lowest BCUT2D eigenvalue weighted by atomic mass is 9.68. The first-order chi connectivity index (χ1) is 8.20. The molecular formula is C12H18BrN3S. The molecule has 0 atom stereocenters. The molecule has 2 rings (SSSR count). The summed E-state index contributed by atoms with van der Waals surface area (Å²) in [4.78, 5) is 5.64. The normalized spacial score (nSPS) is 18.6. The van der Waals surface area contributed by atoms with Gasteiger partial charge in [0.1, 0.15) is 0 Å². The van der Waals surface area contributed by atoms with Crippen LogP contribution in [0.2, 0.25) is 0 Å². The van der Waals surface area contributed by atoms with Gasteiger partial charge < -0.3 is 10.6 Å². The Morgan fingerprint density at radius 2 is 2.29 bits per heavy atom. The molecule has 0 spiro atoms. The van der Waals surface area contributed by atoms with Gasteiger partial charge in [0.05, 0.1) is 3.79 Å². The first-order valence-electron chi connectivity index (χ1n) is 5.84. The van der Waals surface area contributed by atoms with E-state index in [4.69, 9.17) is 0 Å². The van der Waals surface area contributed by atoms with E-state index >= 15 is 0 Å². The zero-order chi connectivity index (χ0) is 12.3. The molecular weight excluding hydrogens is 298 g/mol. The summed E-state index contributed by atoms with van der Waals surface area (Å²) in [7, 11) is 3.69. The highest BCUT2D eigenvalue weighted by atomic mass is 79.9. The van der Waals surface area contributed by atoms with Crippen molar-refractivity contribution in [3.05, 3.63) is 20.8 Å². The van der Waals surface area contributed by atoms with E-state index in [0.29, 0.717) is 5.41 Å². The van der Waals surface area contributed by atoms with Crippen molar-refractivity contribution < 1.29 is 0 Å². The Hall–Kier alpha value is -0.550. The van der Waals surface area contributed by atoms with E-state index in [9.17, 15) is 0 Å². The van der Waals surface area contributed by atoms with Crippen LogP contribution in [-0.4, -0.2) is 26.6 Å². The first kappa shape index (κ1) is 12.9. The van der Waals surface area contributed by atoms with Crippen molar-refractivity contribution in [2.24, 2.45) is 4.99 Å². The van der Waals surface area contributed by atoms with Gasteiger partial charge in [0.2, 0.25) is 0 Å².